The Hall–Kier alpha value is -1.68. The van der Waals surface area contributed by atoms with Crippen LogP contribution in [0.3, 0.4) is 0 Å². The molecule has 0 radical (unpaired) electrons. The maximum absolute atomic E-state index is 5.74. The van der Waals surface area contributed by atoms with Crippen LogP contribution >= 0.6 is 15.9 Å². The van der Waals surface area contributed by atoms with Gasteiger partial charge in [-0.05, 0) is 35.9 Å². The van der Waals surface area contributed by atoms with E-state index in [-0.39, 0.29) is 0 Å². The molecule has 2 aromatic rings. The summed E-state index contributed by atoms with van der Waals surface area (Å²) in [5.74, 6) is 0. The van der Waals surface area contributed by atoms with E-state index in [4.69, 9.17) is 11.5 Å². The summed E-state index contributed by atoms with van der Waals surface area (Å²) in [6.45, 7) is 0.753. The minimum absolute atomic E-state index is 0.601. The molecule has 0 spiro atoms. The zero-order valence-corrected chi connectivity index (χ0v) is 10.9. The van der Waals surface area contributed by atoms with E-state index in [2.05, 4.69) is 33.4 Å². The molecule has 0 fully saturated rings. The van der Waals surface area contributed by atoms with Crippen molar-refractivity contribution < 1.29 is 0 Å². The van der Waals surface area contributed by atoms with Crippen molar-refractivity contribution in [2.75, 3.05) is 16.8 Å². The van der Waals surface area contributed by atoms with E-state index in [1.807, 2.05) is 24.3 Å². The molecule has 2 aromatic carbocycles. The monoisotopic (exact) mass is 291 g/mol. The van der Waals surface area contributed by atoms with Crippen molar-refractivity contribution in [1.82, 2.24) is 0 Å². The fraction of sp³-hybridized carbons (Fsp3) is 0.0769. The Morgan fingerprint density at radius 2 is 1.82 bits per heavy atom. The molecule has 0 aliphatic carbocycles. The van der Waals surface area contributed by atoms with Crippen LogP contribution in [-0.4, -0.2) is 0 Å². The van der Waals surface area contributed by atoms with Crippen LogP contribution in [0.15, 0.2) is 46.9 Å². The summed E-state index contributed by atoms with van der Waals surface area (Å²) < 4.78 is 1.08. The summed E-state index contributed by atoms with van der Waals surface area (Å²) in [6, 6.07) is 13.7. The van der Waals surface area contributed by atoms with Crippen LogP contribution in [0.1, 0.15) is 5.56 Å². The first-order chi connectivity index (χ1) is 8.15. The maximum Gasteiger partial charge on any atom is 0.0568 e. The molecule has 5 N–H and O–H groups in total. The topological polar surface area (TPSA) is 64.1 Å². The van der Waals surface area contributed by atoms with Gasteiger partial charge in [0, 0.05) is 16.7 Å². The number of halogens is 1. The third kappa shape index (κ3) is 3.14. The molecule has 0 heterocycles. The highest BCUT2D eigenvalue weighted by atomic mass is 79.9. The normalized spacial score (nSPS) is 10.2. The summed E-state index contributed by atoms with van der Waals surface area (Å²) in [7, 11) is 0. The van der Waals surface area contributed by atoms with Crippen LogP contribution in [0.5, 0.6) is 0 Å². The van der Waals surface area contributed by atoms with Crippen molar-refractivity contribution in [2.24, 2.45) is 0 Å². The quantitative estimate of drug-likeness (QED) is 0.761. The Labute approximate surface area is 109 Å². The van der Waals surface area contributed by atoms with Gasteiger partial charge in [0.1, 0.15) is 0 Å². The van der Waals surface area contributed by atoms with Crippen molar-refractivity contribution in [3.05, 3.63) is 52.5 Å². The summed E-state index contributed by atoms with van der Waals surface area (Å²) in [6.07, 6.45) is 0. The summed E-state index contributed by atoms with van der Waals surface area (Å²) in [4.78, 5) is 0. The molecule has 0 saturated carbocycles. The van der Waals surface area contributed by atoms with E-state index in [0.717, 1.165) is 16.7 Å². The van der Waals surface area contributed by atoms with Gasteiger partial charge in [0.25, 0.3) is 0 Å². The van der Waals surface area contributed by atoms with Gasteiger partial charge in [-0.1, -0.05) is 28.1 Å². The van der Waals surface area contributed by atoms with Gasteiger partial charge in [0.2, 0.25) is 0 Å². The molecule has 4 heteroatoms. The number of anilines is 3. The van der Waals surface area contributed by atoms with Crippen LogP contribution in [0.4, 0.5) is 17.1 Å². The van der Waals surface area contributed by atoms with Crippen LogP contribution in [0.25, 0.3) is 0 Å². The van der Waals surface area contributed by atoms with Crippen LogP contribution in [-0.2, 0) is 6.54 Å². The first-order valence-electron chi connectivity index (χ1n) is 5.28. The van der Waals surface area contributed by atoms with Crippen molar-refractivity contribution in [2.45, 2.75) is 6.54 Å². The smallest absolute Gasteiger partial charge is 0.0568 e. The minimum atomic E-state index is 0.601. The van der Waals surface area contributed by atoms with Gasteiger partial charge in [0.15, 0.2) is 0 Å². The molecule has 0 bridgehead atoms. The first kappa shape index (κ1) is 11.8. The van der Waals surface area contributed by atoms with E-state index in [0.29, 0.717) is 11.4 Å². The Kier molecular flexibility index (Phi) is 3.54. The fourth-order valence-electron chi connectivity index (χ4n) is 1.54. The van der Waals surface area contributed by atoms with Gasteiger partial charge in [0.05, 0.1) is 11.4 Å². The molecule has 0 aromatic heterocycles. The van der Waals surface area contributed by atoms with E-state index in [1.165, 1.54) is 5.56 Å². The second-order valence-electron chi connectivity index (χ2n) is 3.83. The lowest BCUT2D eigenvalue weighted by molar-refractivity contribution is 1.15. The molecular weight excluding hydrogens is 278 g/mol. The average Bonchev–Trinajstić information content (AvgIpc) is 2.31. The third-order valence-corrected chi connectivity index (χ3v) is 2.97. The molecule has 88 valence electrons. The van der Waals surface area contributed by atoms with E-state index in [9.17, 15) is 0 Å². The van der Waals surface area contributed by atoms with Gasteiger partial charge in [-0.25, -0.2) is 0 Å². The highest BCUT2D eigenvalue weighted by Crippen LogP contribution is 2.20. The maximum atomic E-state index is 5.74. The van der Waals surface area contributed by atoms with Crippen LogP contribution in [0.2, 0.25) is 0 Å². The van der Waals surface area contributed by atoms with Gasteiger partial charge < -0.3 is 16.8 Å². The lowest BCUT2D eigenvalue weighted by Crippen LogP contribution is -2.01. The predicted molar refractivity (Wildman–Crippen MR) is 76.7 cm³/mol. The summed E-state index contributed by atoms with van der Waals surface area (Å²) >= 11 is 3.45. The van der Waals surface area contributed by atoms with Crippen molar-refractivity contribution in [1.29, 1.82) is 0 Å². The first-order valence-corrected chi connectivity index (χ1v) is 6.08. The zero-order chi connectivity index (χ0) is 12.3. The van der Waals surface area contributed by atoms with Crippen molar-refractivity contribution in [3.8, 4) is 0 Å². The molecule has 0 aliphatic heterocycles. The second kappa shape index (κ2) is 5.10. The van der Waals surface area contributed by atoms with Crippen molar-refractivity contribution >= 4 is 33.0 Å². The number of benzene rings is 2. The van der Waals surface area contributed by atoms with Gasteiger partial charge in [-0.2, -0.15) is 0 Å². The number of rotatable bonds is 3. The number of hydrogen-bond acceptors (Lipinski definition) is 3. The number of nitrogens with one attached hydrogen (secondary N) is 1. The molecule has 0 unspecified atom stereocenters. The Balaban J connectivity index is 2.05. The summed E-state index contributed by atoms with van der Waals surface area (Å²) in [5.41, 5.74) is 14.8. The number of nitrogen functional groups attached to an aromatic ring is 2. The van der Waals surface area contributed by atoms with E-state index < -0.39 is 0 Å². The number of nitrogens with two attached hydrogens (primary N) is 2. The third-order valence-electron chi connectivity index (χ3n) is 2.47. The largest absolute Gasteiger partial charge is 0.397 e. The Morgan fingerprint density at radius 1 is 1.00 bits per heavy atom. The molecule has 0 amide bonds. The predicted octanol–water partition coefficient (Wildman–Crippen LogP) is 3.23. The SMILES string of the molecule is Nc1ccc(NCc2cccc(Br)c2)cc1N. The molecule has 2 rings (SSSR count). The minimum Gasteiger partial charge on any atom is -0.397 e. The Morgan fingerprint density at radius 3 is 2.53 bits per heavy atom. The zero-order valence-electron chi connectivity index (χ0n) is 9.28. The van der Waals surface area contributed by atoms with Gasteiger partial charge in [-0.15, -0.1) is 0 Å². The molecule has 3 nitrogen and oxygen atoms in total. The standard InChI is InChI=1S/C13H14BrN3/c14-10-3-1-2-9(6-10)8-17-11-4-5-12(15)13(16)7-11/h1-7,17H,8,15-16H2. The lowest BCUT2D eigenvalue weighted by atomic mass is 10.2. The highest BCUT2D eigenvalue weighted by molar-refractivity contribution is 9.10. The second-order valence-corrected chi connectivity index (χ2v) is 4.74. The lowest BCUT2D eigenvalue weighted by Gasteiger charge is -2.08. The van der Waals surface area contributed by atoms with E-state index in [1.54, 1.807) is 6.07 Å². The van der Waals surface area contributed by atoms with Crippen LogP contribution < -0.4 is 16.8 Å². The fourth-order valence-corrected chi connectivity index (χ4v) is 1.98. The summed E-state index contributed by atoms with van der Waals surface area (Å²) in [5, 5.41) is 3.30. The highest BCUT2D eigenvalue weighted by Gasteiger charge is 1.98. The van der Waals surface area contributed by atoms with Crippen LogP contribution in [0, 0.1) is 0 Å². The molecular formula is C13H14BrN3. The Bertz CT molecular complexity index is 526. The molecule has 17 heavy (non-hydrogen) atoms. The average molecular weight is 292 g/mol. The molecule has 0 aliphatic rings. The van der Waals surface area contributed by atoms with E-state index >= 15 is 0 Å². The molecule has 0 atom stereocenters. The van der Waals surface area contributed by atoms with Gasteiger partial charge in [-0.3, -0.25) is 0 Å². The van der Waals surface area contributed by atoms with Crippen molar-refractivity contribution in [3.63, 3.8) is 0 Å². The van der Waals surface area contributed by atoms with Gasteiger partial charge >= 0.3 is 0 Å². The number of hydrogen-bond donors (Lipinski definition) is 3. The molecule has 0 saturated heterocycles.